The van der Waals surface area contributed by atoms with Gasteiger partial charge in [-0.05, 0) is 24.3 Å². The minimum atomic E-state index is -0.977. The van der Waals surface area contributed by atoms with Crippen LogP contribution in [0.3, 0.4) is 0 Å². The molecule has 1 aliphatic rings. The zero-order valence-electron chi connectivity index (χ0n) is 8.39. The van der Waals surface area contributed by atoms with Crippen molar-refractivity contribution < 1.29 is 14.7 Å². The second-order valence-electron chi connectivity index (χ2n) is 3.66. The summed E-state index contributed by atoms with van der Waals surface area (Å²) >= 11 is 5.88. The first-order valence-corrected chi connectivity index (χ1v) is 5.29. The summed E-state index contributed by atoms with van der Waals surface area (Å²) in [6, 6.07) is 6.20. The van der Waals surface area contributed by atoms with Crippen molar-refractivity contribution in [2.45, 2.75) is 11.8 Å². The fourth-order valence-electron chi connectivity index (χ4n) is 1.70. The highest BCUT2D eigenvalue weighted by Gasteiger charge is 2.28. The largest absolute Gasteiger partial charge is 0.478 e. The number of alkyl halides is 1. The summed E-state index contributed by atoms with van der Waals surface area (Å²) in [5.41, 5.74) is 0.899. The third-order valence-electron chi connectivity index (χ3n) is 2.50. The van der Waals surface area contributed by atoms with Gasteiger partial charge in [0.2, 0.25) is 5.91 Å². The van der Waals surface area contributed by atoms with Crippen LogP contribution in [-0.2, 0) is 4.79 Å². The van der Waals surface area contributed by atoms with E-state index < -0.39 is 5.97 Å². The summed E-state index contributed by atoms with van der Waals surface area (Å²) < 4.78 is 0. The number of hydrogen-bond acceptors (Lipinski definition) is 2. The lowest BCUT2D eigenvalue weighted by molar-refractivity contribution is -0.117. The fourth-order valence-corrected chi connectivity index (χ4v) is 1.97. The zero-order valence-corrected chi connectivity index (χ0v) is 9.15. The van der Waals surface area contributed by atoms with E-state index in [1.165, 1.54) is 12.1 Å². The average molecular weight is 240 g/mol. The molecule has 1 atom stereocenters. The Morgan fingerprint density at radius 2 is 2.00 bits per heavy atom. The topological polar surface area (TPSA) is 57.6 Å². The first-order valence-electron chi connectivity index (χ1n) is 4.85. The molecule has 1 saturated heterocycles. The highest BCUT2D eigenvalue weighted by Crippen LogP contribution is 2.24. The van der Waals surface area contributed by atoms with Crippen LogP contribution in [-0.4, -0.2) is 28.9 Å². The van der Waals surface area contributed by atoms with E-state index in [-0.39, 0.29) is 16.8 Å². The van der Waals surface area contributed by atoms with Gasteiger partial charge in [-0.15, -0.1) is 11.6 Å². The molecule has 2 rings (SSSR count). The normalized spacial score (nSPS) is 20.2. The number of halogens is 1. The molecule has 0 saturated carbocycles. The summed E-state index contributed by atoms with van der Waals surface area (Å²) in [5.74, 6) is -1.00. The van der Waals surface area contributed by atoms with E-state index in [0.717, 1.165) is 0 Å². The average Bonchev–Trinajstić information content (AvgIpc) is 2.58. The molecule has 0 radical (unpaired) electrons. The standard InChI is InChI=1S/C11H10ClNO3/c12-8-5-10(14)13(6-8)9-3-1-7(2-4-9)11(15)16/h1-4,8H,5-6H2,(H,15,16). The Labute approximate surface area is 97.4 Å². The van der Waals surface area contributed by atoms with Gasteiger partial charge in [0.1, 0.15) is 0 Å². The number of carboxylic acid groups (broad SMARTS) is 1. The van der Waals surface area contributed by atoms with Crippen LogP contribution in [0.4, 0.5) is 5.69 Å². The van der Waals surface area contributed by atoms with Gasteiger partial charge >= 0.3 is 5.97 Å². The first-order chi connectivity index (χ1) is 7.58. The number of carbonyl (C=O) groups is 2. The molecule has 0 bridgehead atoms. The van der Waals surface area contributed by atoms with Crippen LogP contribution in [0.1, 0.15) is 16.8 Å². The molecule has 4 nitrogen and oxygen atoms in total. The molecule has 0 spiro atoms. The molecule has 1 aliphatic heterocycles. The number of hydrogen-bond donors (Lipinski definition) is 1. The molecular weight excluding hydrogens is 230 g/mol. The molecule has 5 heteroatoms. The molecular formula is C11H10ClNO3. The first kappa shape index (κ1) is 11.0. The lowest BCUT2D eigenvalue weighted by atomic mass is 10.2. The van der Waals surface area contributed by atoms with Crippen molar-refractivity contribution in [1.82, 2.24) is 0 Å². The molecule has 1 aromatic carbocycles. The maximum absolute atomic E-state index is 11.5. The number of rotatable bonds is 2. The van der Waals surface area contributed by atoms with E-state index in [2.05, 4.69) is 0 Å². The lowest BCUT2D eigenvalue weighted by Gasteiger charge is -2.15. The molecule has 1 N–H and O–H groups in total. The predicted octanol–water partition coefficient (Wildman–Crippen LogP) is 1.73. The predicted molar refractivity (Wildman–Crippen MR) is 60.0 cm³/mol. The van der Waals surface area contributed by atoms with Crippen molar-refractivity contribution in [2.75, 3.05) is 11.4 Å². The van der Waals surface area contributed by atoms with E-state index in [1.54, 1.807) is 17.0 Å². The highest BCUT2D eigenvalue weighted by molar-refractivity contribution is 6.24. The number of anilines is 1. The Kier molecular flexibility index (Phi) is 2.83. The SMILES string of the molecule is O=C(O)c1ccc(N2CC(Cl)CC2=O)cc1. The van der Waals surface area contributed by atoms with Crippen molar-refractivity contribution in [3.8, 4) is 0 Å². The molecule has 84 valence electrons. The summed E-state index contributed by atoms with van der Waals surface area (Å²) in [6.07, 6.45) is 0.336. The van der Waals surface area contributed by atoms with Crippen molar-refractivity contribution in [3.63, 3.8) is 0 Å². The van der Waals surface area contributed by atoms with E-state index in [4.69, 9.17) is 16.7 Å². The minimum absolute atomic E-state index is 0.0249. The molecule has 1 aromatic rings. The highest BCUT2D eigenvalue weighted by atomic mass is 35.5. The van der Waals surface area contributed by atoms with Crippen LogP contribution >= 0.6 is 11.6 Å². The Balaban J connectivity index is 2.22. The van der Waals surface area contributed by atoms with Gasteiger partial charge in [-0.25, -0.2) is 4.79 Å². The monoisotopic (exact) mass is 239 g/mol. The van der Waals surface area contributed by atoms with E-state index in [1.807, 2.05) is 0 Å². The van der Waals surface area contributed by atoms with Gasteiger partial charge in [0.05, 0.1) is 10.9 Å². The smallest absolute Gasteiger partial charge is 0.335 e. The van der Waals surface area contributed by atoms with Crippen LogP contribution in [0.5, 0.6) is 0 Å². The summed E-state index contributed by atoms with van der Waals surface area (Å²) in [4.78, 5) is 23.8. The zero-order chi connectivity index (χ0) is 11.7. The second-order valence-corrected chi connectivity index (χ2v) is 4.27. The van der Waals surface area contributed by atoms with Crippen LogP contribution in [0.25, 0.3) is 0 Å². The third-order valence-corrected chi connectivity index (χ3v) is 2.80. The number of carboxylic acids is 1. The number of aromatic carboxylic acids is 1. The molecule has 1 heterocycles. The van der Waals surface area contributed by atoms with Crippen molar-refractivity contribution in [1.29, 1.82) is 0 Å². The number of nitrogens with zero attached hydrogens (tertiary/aromatic N) is 1. The Hall–Kier alpha value is -1.55. The maximum atomic E-state index is 11.5. The van der Waals surface area contributed by atoms with E-state index in [0.29, 0.717) is 18.7 Å². The summed E-state index contributed by atoms with van der Waals surface area (Å²) in [5, 5.41) is 8.57. The van der Waals surface area contributed by atoms with Gasteiger partial charge in [0, 0.05) is 18.7 Å². The van der Waals surface area contributed by atoms with Crippen LogP contribution in [0.2, 0.25) is 0 Å². The van der Waals surface area contributed by atoms with Gasteiger partial charge < -0.3 is 10.0 Å². The van der Waals surface area contributed by atoms with Crippen LogP contribution < -0.4 is 4.90 Å². The Morgan fingerprint density at radius 1 is 1.38 bits per heavy atom. The van der Waals surface area contributed by atoms with E-state index >= 15 is 0 Å². The third kappa shape index (κ3) is 2.02. The molecule has 1 amide bonds. The van der Waals surface area contributed by atoms with Crippen molar-refractivity contribution in [2.24, 2.45) is 0 Å². The van der Waals surface area contributed by atoms with Gasteiger partial charge in [-0.1, -0.05) is 0 Å². The summed E-state index contributed by atoms with van der Waals surface area (Å²) in [7, 11) is 0. The molecule has 1 fully saturated rings. The number of carbonyl (C=O) groups excluding carboxylic acids is 1. The fraction of sp³-hybridized carbons (Fsp3) is 0.273. The lowest BCUT2D eigenvalue weighted by Crippen LogP contribution is -2.24. The van der Waals surface area contributed by atoms with Gasteiger partial charge in [-0.2, -0.15) is 0 Å². The molecule has 1 unspecified atom stereocenters. The second kappa shape index (κ2) is 4.14. The number of benzene rings is 1. The van der Waals surface area contributed by atoms with Crippen molar-refractivity contribution in [3.05, 3.63) is 29.8 Å². The van der Waals surface area contributed by atoms with Crippen LogP contribution in [0, 0.1) is 0 Å². The molecule has 16 heavy (non-hydrogen) atoms. The van der Waals surface area contributed by atoms with Gasteiger partial charge in [-0.3, -0.25) is 4.79 Å². The maximum Gasteiger partial charge on any atom is 0.335 e. The molecule has 0 aromatic heterocycles. The Bertz CT molecular complexity index is 429. The van der Waals surface area contributed by atoms with Crippen LogP contribution in [0.15, 0.2) is 24.3 Å². The van der Waals surface area contributed by atoms with Gasteiger partial charge in [0.15, 0.2) is 0 Å². The van der Waals surface area contributed by atoms with Crippen molar-refractivity contribution >= 4 is 29.2 Å². The Morgan fingerprint density at radius 3 is 2.44 bits per heavy atom. The number of amides is 1. The minimum Gasteiger partial charge on any atom is -0.478 e. The van der Waals surface area contributed by atoms with E-state index in [9.17, 15) is 9.59 Å². The van der Waals surface area contributed by atoms with Gasteiger partial charge in [0.25, 0.3) is 0 Å². The quantitative estimate of drug-likeness (QED) is 0.800. The molecule has 0 aliphatic carbocycles. The summed E-state index contributed by atoms with van der Waals surface area (Å²) in [6.45, 7) is 0.479.